The van der Waals surface area contributed by atoms with Gasteiger partial charge in [0.25, 0.3) is 0 Å². The minimum absolute atomic E-state index is 0.0272. The monoisotopic (exact) mass is 372 g/mol. The first kappa shape index (κ1) is 19.3. The lowest BCUT2D eigenvalue weighted by atomic mass is 9.72. The molecule has 1 atom stereocenters. The van der Waals surface area contributed by atoms with Crippen molar-refractivity contribution in [2.45, 2.75) is 52.1 Å². The summed E-state index contributed by atoms with van der Waals surface area (Å²) >= 11 is 0. The van der Waals surface area contributed by atoms with Gasteiger partial charge < -0.3 is 15.1 Å². The Morgan fingerprint density at radius 2 is 1.89 bits per heavy atom. The van der Waals surface area contributed by atoms with E-state index < -0.39 is 6.04 Å². The van der Waals surface area contributed by atoms with E-state index in [1.165, 1.54) is 6.92 Å². The summed E-state index contributed by atoms with van der Waals surface area (Å²) in [6.07, 6.45) is 6.75. The zero-order chi connectivity index (χ0) is 19.4. The molecule has 1 spiro atoms. The number of likely N-dealkylation sites (tertiary alicyclic amines) is 2. The SMILES string of the molecule is CC(=O)N[C@H](C)C(=O)N1CCC2(CCC(=O)N(Cc3ccncc3)C2)CC1. The fraction of sp³-hybridized carbons (Fsp3) is 0.600. The number of nitrogens with one attached hydrogen (secondary N) is 1. The Balaban J connectivity index is 1.59. The number of nitrogens with zero attached hydrogens (tertiary/aromatic N) is 3. The molecule has 0 bridgehead atoms. The summed E-state index contributed by atoms with van der Waals surface area (Å²) in [5.74, 6) is -0.0160. The van der Waals surface area contributed by atoms with Crippen LogP contribution in [-0.4, -0.2) is 58.2 Å². The quantitative estimate of drug-likeness (QED) is 0.865. The lowest BCUT2D eigenvalue weighted by Crippen LogP contribution is -2.54. The topological polar surface area (TPSA) is 82.6 Å². The highest BCUT2D eigenvalue weighted by atomic mass is 16.2. The summed E-state index contributed by atoms with van der Waals surface area (Å²) in [6.45, 7) is 5.87. The summed E-state index contributed by atoms with van der Waals surface area (Å²) in [6, 6.07) is 3.39. The highest BCUT2D eigenvalue weighted by molar-refractivity contribution is 5.86. The third-order valence-electron chi connectivity index (χ3n) is 5.80. The van der Waals surface area contributed by atoms with Crippen molar-refractivity contribution in [3.05, 3.63) is 30.1 Å². The number of amides is 3. The molecule has 2 aliphatic heterocycles. The van der Waals surface area contributed by atoms with Crippen molar-refractivity contribution in [1.82, 2.24) is 20.1 Å². The maximum Gasteiger partial charge on any atom is 0.244 e. The number of hydrogen-bond acceptors (Lipinski definition) is 4. The van der Waals surface area contributed by atoms with Crippen molar-refractivity contribution in [3.63, 3.8) is 0 Å². The van der Waals surface area contributed by atoms with E-state index in [0.29, 0.717) is 26.1 Å². The minimum Gasteiger partial charge on any atom is -0.345 e. The molecule has 1 aromatic heterocycles. The maximum atomic E-state index is 12.5. The molecule has 1 N–H and O–H groups in total. The van der Waals surface area contributed by atoms with Crippen LogP contribution in [0.4, 0.5) is 0 Å². The second-order valence-electron chi connectivity index (χ2n) is 7.85. The molecule has 3 amide bonds. The summed E-state index contributed by atoms with van der Waals surface area (Å²) in [7, 11) is 0. The van der Waals surface area contributed by atoms with E-state index in [0.717, 1.165) is 31.4 Å². The molecular formula is C20H28N4O3. The molecular weight excluding hydrogens is 344 g/mol. The van der Waals surface area contributed by atoms with Crippen molar-refractivity contribution in [1.29, 1.82) is 0 Å². The smallest absolute Gasteiger partial charge is 0.244 e. The molecule has 1 aromatic rings. The number of carbonyl (C=O) groups is 3. The molecule has 27 heavy (non-hydrogen) atoms. The number of rotatable bonds is 4. The highest BCUT2D eigenvalue weighted by Gasteiger charge is 2.42. The van der Waals surface area contributed by atoms with E-state index in [1.807, 2.05) is 21.9 Å². The Hall–Kier alpha value is -2.44. The Morgan fingerprint density at radius 3 is 2.52 bits per heavy atom. The van der Waals surface area contributed by atoms with Gasteiger partial charge in [0.1, 0.15) is 6.04 Å². The van der Waals surface area contributed by atoms with Gasteiger partial charge in [0.2, 0.25) is 17.7 Å². The highest BCUT2D eigenvalue weighted by Crippen LogP contribution is 2.40. The summed E-state index contributed by atoms with van der Waals surface area (Å²) in [5.41, 5.74) is 1.18. The van der Waals surface area contributed by atoms with Gasteiger partial charge in [0.15, 0.2) is 0 Å². The standard InChI is InChI=1S/C20H28N4O3/c1-15(22-16(2)25)19(27)23-11-7-20(8-12-23)6-3-18(26)24(14-20)13-17-4-9-21-10-5-17/h4-5,9-10,15H,3,6-8,11-14H2,1-2H3,(H,22,25)/t15-/m1/s1. The molecule has 7 heteroatoms. The number of aromatic nitrogens is 1. The molecule has 0 aliphatic carbocycles. The van der Waals surface area contributed by atoms with Crippen molar-refractivity contribution in [2.24, 2.45) is 5.41 Å². The number of piperidine rings is 2. The number of carbonyl (C=O) groups excluding carboxylic acids is 3. The van der Waals surface area contributed by atoms with Gasteiger partial charge in [-0.05, 0) is 49.3 Å². The largest absolute Gasteiger partial charge is 0.345 e. The van der Waals surface area contributed by atoms with Crippen LogP contribution in [0.2, 0.25) is 0 Å². The van der Waals surface area contributed by atoms with Gasteiger partial charge in [-0.25, -0.2) is 0 Å². The van der Waals surface area contributed by atoms with E-state index in [4.69, 9.17) is 0 Å². The zero-order valence-electron chi connectivity index (χ0n) is 16.1. The summed E-state index contributed by atoms with van der Waals surface area (Å²) in [4.78, 5) is 43.9. The molecule has 146 valence electrons. The Morgan fingerprint density at radius 1 is 1.22 bits per heavy atom. The second kappa shape index (κ2) is 8.06. The lowest BCUT2D eigenvalue weighted by Gasteiger charge is -2.47. The van der Waals surface area contributed by atoms with E-state index in [1.54, 1.807) is 19.3 Å². The summed E-state index contributed by atoms with van der Waals surface area (Å²) in [5, 5.41) is 2.66. The van der Waals surface area contributed by atoms with Crippen LogP contribution in [0.15, 0.2) is 24.5 Å². The average Bonchev–Trinajstić information content (AvgIpc) is 2.65. The third kappa shape index (κ3) is 4.64. The molecule has 2 saturated heterocycles. The molecule has 0 radical (unpaired) electrons. The predicted octanol–water partition coefficient (Wildman–Crippen LogP) is 1.34. The lowest BCUT2D eigenvalue weighted by molar-refractivity contribution is -0.144. The number of pyridine rings is 1. The van der Waals surface area contributed by atoms with Crippen LogP contribution in [0.5, 0.6) is 0 Å². The van der Waals surface area contributed by atoms with Crippen molar-refractivity contribution in [3.8, 4) is 0 Å². The fourth-order valence-corrected chi connectivity index (χ4v) is 4.21. The van der Waals surface area contributed by atoms with Crippen LogP contribution >= 0.6 is 0 Å². The molecule has 7 nitrogen and oxygen atoms in total. The van der Waals surface area contributed by atoms with Crippen molar-refractivity contribution >= 4 is 17.7 Å². The van der Waals surface area contributed by atoms with Crippen LogP contribution < -0.4 is 5.32 Å². The van der Waals surface area contributed by atoms with Gasteiger partial charge in [-0.3, -0.25) is 19.4 Å². The van der Waals surface area contributed by atoms with Crippen LogP contribution in [0.25, 0.3) is 0 Å². The zero-order valence-corrected chi connectivity index (χ0v) is 16.1. The molecule has 0 aromatic carbocycles. The van der Waals surface area contributed by atoms with E-state index in [2.05, 4.69) is 10.3 Å². The van der Waals surface area contributed by atoms with Crippen LogP contribution in [-0.2, 0) is 20.9 Å². The third-order valence-corrected chi connectivity index (χ3v) is 5.80. The van der Waals surface area contributed by atoms with Crippen LogP contribution in [0.3, 0.4) is 0 Å². The van der Waals surface area contributed by atoms with Gasteiger partial charge in [-0.1, -0.05) is 0 Å². The van der Waals surface area contributed by atoms with Gasteiger partial charge >= 0.3 is 0 Å². The predicted molar refractivity (Wildman–Crippen MR) is 100 cm³/mol. The fourth-order valence-electron chi connectivity index (χ4n) is 4.21. The molecule has 3 rings (SSSR count). The summed E-state index contributed by atoms with van der Waals surface area (Å²) < 4.78 is 0. The number of hydrogen-bond donors (Lipinski definition) is 1. The van der Waals surface area contributed by atoms with Crippen molar-refractivity contribution in [2.75, 3.05) is 19.6 Å². The van der Waals surface area contributed by atoms with Crippen molar-refractivity contribution < 1.29 is 14.4 Å². The Labute approximate surface area is 160 Å². The van der Waals surface area contributed by atoms with Crippen LogP contribution in [0, 0.1) is 5.41 Å². The van der Waals surface area contributed by atoms with E-state index in [9.17, 15) is 14.4 Å². The average molecular weight is 372 g/mol. The first-order chi connectivity index (χ1) is 12.9. The molecule has 3 heterocycles. The van der Waals surface area contributed by atoms with Gasteiger partial charge in [-0.15, -0.1) is 0 Å². The van der Waals surface area contributed by atoms with E-state index in [-0.39, 0.29) is 23.1 Å². The molecule has 2 fully saturated rings. The minimum atomic E-state index is -0.493. The Kier molecular flexibility index (Phi) is 5.77. The molecule has 2 aliphatic rings. The van der Waals surface area contributed by atoms with E-state index >= 15 is 0 Å². The maximum absolute atomic E-state index is 12.5. The van der Waals surface area contributed by atoms with Gasteiger partial charge in [0, 0.05) is 51.9 Å². The van der Waals surface area contributed by atoms with Gasteiger partial charge in [-0.2, -0.15) is 0 Å². The first-order valence-electron chi connectivity index (χ1n) is 9.61. The molecule has 0 saturated carbocycles. The second-order valence-corrected chi connectivity index (χ2v) is 7.85. The normalized spacial score (nSPS) is 20.4. The van der Waals surface area contributed by atoms with Crippen LogP contribution in [0.1, 0.15) is 45.1 Å². The Bertz CT molecular complexity index is 698. The molecule has 0 unspecified atom stereocenters. The first-order valence-corrected chi connectivity index (χ1v) is 9.61. The van der Waals surface area contributed by atoms with Gasteiger partial charge in [0.05, 0.1) is 0 Å².